The van der Waals surface area contributed by atoms with Crippen molar-refractivity contribution >= 4 is 17.3 Å². The Balaban J connectivity index is 3.70. The molecule has 0 heterocycles. The lowest BCUT2D eigenvalue weighted by atomic mass is 10.1. The second-order valence-electron chi connectivity index (χ2n) is 2.95. The fourth-order valence-electron chi connectivity index (χ4n) is 1.27. The summed E-state index contributed by atoms with van der Waals surface area (Å²) in [4.78, 5) is 29.9. The second kappa shape index (κ2) is 3.93. The zero-order chi connectivity index (χ0) is 12.5. The van der Waals surface area contributed by atoms with Gasteiger partial charge in [0.15, 0.2) is 0 Å². The molecule has 0 aliphatic rings. The Morgan fingerprint density at radius 2 is 1.69 bits per heavy atom. The summed E-state index contributed by atoms with van der Waals surface area (Å²) >= 11 is 0. The number of carboxylic acids is 1. The average Bonchev–Trinajstić information content (AvgIpc) is 2.15. The van der Waals surface area contributed by atoms with E-state index in [1.807, 2.05) is 0 Å². The first-order valence-electron chi connectivity index (χ1n) is 4.02. The molecule has 0 saturated heterocycles. The van der Waals surface area contributed by atoms with Gasteiger partial charge in [0.1, 0.15) is 5.56 Å². The summed E-state index contributed by atoms with van der Waals surface area (Å²) < 4.78 is 0. The van der Waals surface area contributed by atoms with Crippen LogP contribution in [-0.2, 0) is 0 Å². The van der Waals surface area contributed by atoms with Crippen LogP contribution in [0.2, 0.25) is 0 Å². The fraction of sp³-hybridized carbons (Fsp3) is 0.125. The van der Waals surface area contributed by atoms with Crippen molar-refractivity contribution in [2.45, 2.75) is 6.92 Å². The molecule has 0 amide bonds. The van der Waals surface area contributed by atoms with Gasteiger partial charge in [0, 0.05) is 5.56 Å². The number of aryl methyl sites for hydroxylation is 1. The minimum absolute atomic E-state index is 0.0432. The SMILES string of the molecule is Cc1ccc(C(=O)O)c([N+](=O)[O-])c1[N+](=O)[O-]. The van der Waals surface area contributed by atoms with Crippen LogP contribution in [-0.4, -0.2) is 20.9 Å². The number of nitro groups is 2. The van der Waals surface area contributed by atoms with Crippen molar-refractivity contribution in [3.8, 4) is 0 Å². The van der Waals surface area contributed by atoms with E-state index in [0.717, 1.165) is 12.1 Å². The minimum Gasteiger partial charge on any atom is -0.477 e. The highest BCUT2D eigenvalue weighted by Gasteiger charge is 2.33. The summed E-state index contributed by atoms with van der Waals surface area (Å²) in [5.41, 5.74) is -2.42. The third-order valence-electron chi connectivity index (χ3n) is 1.95. The van der Waals surface area contributed by atoms with Crippen LogP contribution in [0.4, 0.5) is 11.4 Å². The average molecular weight is 226 g/mol. The van der Waals surface area contributed by atoms with E-state index in [1.54, 1.807) is 0 Å². The highest BCUT2D eigenvalue weighted by atomic mass is 16.6. The zero-order valence-corrected chi connectivity index (χ0v) is 8.04. The van der Waals surface area contributed by atoms with E-state index >= 15 is 0 Å². The first-order valence-corrected chi connectivity index (χ1v) is 4.02. The first-order chi connectivity index (χ1) is 7.36. The van der Waals surface area contributed by atoms with Gasteiger partial charge in [-0.3, -0.25) is 20.2 Å². The van der Waals surface area contributed by atoms with Gasteiger partial charge in [-0.25, -0.2) is 4.79 Å². The minimum atomic E-state index is -1.57. The lowest BCUT2D eigenvalue weighted by Gasteiger charge is -2.01. The van der Waals surface area contributed by atoms with Crippen LogP contribution in [0, 0.1) is 27.2 Å². The van der Waals surface area contributed by atoms with E-state index in [0.29, 0.717) is 0 Å². The van der Waals surface area contributed by atoms with Crippen LogP contribution in [0.25, 0.3) is 0 Å². The molecule has 8 nitrogen and oxygen atoms in total. The number of nitrogens with zero attached hydrogens (tertiary/aromatic N) is 2. The molecule has 0 bridgehead atoms. The van der Waals surface area contributed by atoms with Gasteiger partial charge in [-0.2, -0.15) is 0 Å². The van der Waals surface area contributed by atoms with Gasteiger partial charge >= 0.3 is 17.3 Å². The Labute approximate surface area is 88.4 Å². The molecule has 1 aromatic rings. The van der Waals surface area contributed by atoms with E-state index in [9.17, 15) is 25.0 Å². The molecule has 0 saturated carbocycles. The molecule has 0 radical (unpaired) electrons. The Morgan fingerprint density at radius 1 is 1.19 bits per heavy atom. The Hall–Kier alpha value is -2.51. The van der Waals surface area contributed by atoms with Crippen molar-refractivity contribution in [3.63, 3.8) is 0 Å². The number of nitro benzene ring substituents is 2. The van der Waals surface area contributed by atoms with E-state index in [4.69, 9.17) is 5.11 Å². The van der Waals surface area contributed by atoms with E-state index in [1.165, 1.54) is 6.92 Å². The third-order valence-corrected chi connectivity index (χ3v) is 1.95. The number of carboxylic acid groups (broad SMARTS) is 1. The van der Waals surface area contributed by atoms with Gasteiger partial charge in [0.05, 0.1) is 9.85 Å². The van der Waals surface area contributed by atoms with Crippen molar-refractivity contribution in [3.05, 3.63) is 43.5 Å². The molecule has 1 aromatic carbocycles. The van der Waals surface area contributed by atoms with Crippen molar-refractivity contribution < 1.29 is 19.7 Å². The number of carbonyl (C=O) groups is 1. The molecule has 0 aliphatic heterocycles. The summed E-state index contributed by atoms with van der Waals surface area (Å²) in [6.07, 6.45) is 0. The normalized spacial score (nSPS) is 9.81. The molecule has 0 fully saturated rings. The lowest BCUT2D eigenvalue weighted by Crippen LogP contribution is -2.07. The van der Waals surface area contributed by atoms with Crippen LogP contribution >= 0.6 is 0 Å². The molecule has 1 rings (SSSR count). The molecule has 0 unspecified atom stereocenters. The van der Waals surface area contributed by atoms with Crippen LogP contribution in [0.3, 0.4) is 0 Å². The summed E-state index contributed by atoms with van der Waals surface area (Å²) in [6.45, 7) is 1.30. The summed E-state index contributed by atoms with van der Waals surface area (Å²) in [7, 11) is 0. The Morgan fingerprint density at radius 3 is 2.06 bits per heavy atom. The molecule has 0 aliphatic carbocycles. The standard InChI is InChI=1S/C8H6N2O6/c1-4-2-3-5(8(11)12)7(10(15)16)6(4)9(13)14/h2-3H,1H3,(H,11,12). The highest BCUT2D eigenvalue weighted by molar-refractivity contribution is 5.94. The lowest BCUT2D eigenvalue weighted by molar-refractivity contribution is -0.423. The smallest absolute Gasteiger partial charge is 0.360 e. The fourth-order valence-corrected chi connectivity index (χ4v) is 1.27. The first kappa shape index (κ1) is 11.6. The summed E-state index contributed by atoms with van der Waals surface area (Å²) in [6, 6.07) is 2.14. The summed E-state index contributed by atoms with van der Waals surface area (Å²) in [5, 5.41) is 30.0. The number of benzene rings is 1. The maximum Gasteiger partial charge on any atom is 0.360 e. The highest BCUT2D eigenvalue weighted by Crippen LogP contribution is 2.33. The molecule has 0 spiro atoms. The molecular weight excluding hydrogens is 220 g/mol. The molecule has 16 heavy (non-hydrogen) atoms. The van der Waals surface area contributed by atoms with Gasteiger partial charge in [-0.05, 0) is 13.0 Å². The maximum absolute atomic E-state index is 10.7. The van der Waals surface area contributed by atoms with Crippen LogP contribution in [0.5, 0.6) is 0 Å². The van der Waals surface area contributed by atoms with E-state index < -0.39 is 32.8 Å². The monoisotopic (exact) mass is 226 g/mol. The van der Waals surface area contributed by atoms with Crippen molar-refractivity contribution in [2.24, 2.45) is 0 Å². The quantitative estimate of drug-likeness (QED) is 0.615. The van der Waals surface area contributed by atoms with Crippen LogP contribution in [0.15, 0.2) is 12.1 Å². The van der Waals surface area contributed by atoms with Gasteiger partial charge in [0.25, 0.3) is 0 Å². The van der Waals surface area contributed by atoms with Gasteiger partial charge in [0.2, 0.25) is 0 Å². The predicted octanol–water partition coefficient (Wildman–Crippen LogP) is 1.51. The maximum atomic E-state index is 10.7. The largest absolute Gasteiger partial charge is 0.477 e. The number of hydrogen-bond donors (Lipinski definition) is 1. The molecule has 8 heteroatoms. The number of aromatic carboxylic acids is 1. The van der Waals surface area contributed by atoms with E-state index in [2.05, 4.69) is 0 Å². The van der Waals surface area contributed by atoms with Crippen molar-refractivity contribution in [2.75, 3.05) is 0 Å². The van der Waals surface area contributed by atoms with Gasteiger partial charge < -0.3 is 5.11 Å². The van der Waals surface area contributed by atoms with Crippen LogP contribution < -0.4 is 0 Å². The Bertz CT molecular complexity index is 496. The molecule has 0 atom stereocenters. The zero-order valence-electron chi connectivity index (χ0n) is 8.04. The van der Waals surface area contributed by atoms with Crippen LogP contribution in [0.1, 0.15) is 15.9 Å². The molecule has 84 valence electrons. The Kier molecular flexibility index (Phi) is 2.84. The molecular formula is C8H6N2O6. The summed E-state index contributed by atoms with van der Waals surface area (Å²) in [5.74, 6) is -1.57. The number of rotatable bonds is 3. The van der Waals surface area contributed by atoms with Gasteiger partial charge in [-0.15, -0.1) is 0 Å². The number of hydrogen-bond acceptors (Lipinski definition) is 5. The molecule has 1 N–H and O–H groups in total. The van der Waals surface area contributed by atoms with E-state index in [-0.39, 0.29) is 5.56 Å². The van der Waals surface area contributed by atoms with Crippen molar-refractivity contribution in [1.29, 1.82) is 0 Å². The van der Waals surface area contributed by atoms with Gasteiger partial charge in [-0.1, -0.05) is 6.07 Å². The molecule has 0 aromatic heterocycles. The predicted molar refractivity (Wildman–Crippen MR) is 51.4 cm³/mol. The topological polar surface area (TPSA) is 124 Å². The second-order valence-corrected chi connectivity index (χ2v) is 2.95. The van der Waals surface area contributed by atoms with Crippen molar-refractivity contribution in [1.82, 2.24) is 0 Å². The third kappa shape index (κ3) is 1.80.